The van der Waals surface area contributed by atoms with Gasteiger partial charge in [0.25, 0.3) is 0 Å². The predicted molar refractivity (Wildman–Crippen MR) is 96.9 cm³/mol. The monoisotopic (exact) mass is 363 g/mol. The number of carbonyl (C=O) groups is 1. The van der Waals surface area contributed by atoms with Crippen molar-refractivity contribution in [3.8, 4) is 11.8 Å². The first kappa shape index (κ1) is 16.6. The van der Waals surface area contributed by atoms with Crippen LogP contribution in [0.5, 0.6) is 11.8 Å². The molecule has 0 unspecified atom stereocenters. The Morgan fingerprint density at radius 1 is 1.04 bits per heavy atom. The third kappa shape index (κ3) is 3.74. The molecule has 0 aliphatic carbocycles. The molecule has 0 atom stereocenters. The highest BCUT2D eigenvalue weighted by Crippen LogP contribution is 2.21. The van der Waals surface area contributed by atoms with Crippen LogP contribution >= 0.6 is 0 Å². The lowest BCUT2D eigenvalue weighted by Crippen LogP contribution is -2.18. The Labute approximate surface area is 153 Å². The summed E-state index contributed by atoms with van der Waals surface area (Å²) in [5, 5.41) is 2.71. The third-order valence-electron chi connectivity index (χ3n) is 3.79. The van der Waals surface area contributed by atoms with E-state index in [0.717, 1.165) is 11.0 Å². The molecule has 2 heterocycles. The van der Waals surface area contributed by atoms with Crippen LogP contribution in [0, 0.1) is 5.82 Å². The summed E-state index contributed by atoms with van der Waals surface area (Å²) >= 11 is 0. The molecule has 4 rings (SSSR count). The van der Waals surface area contributed by atoms with Gasteiger partial charge < -0.3 is 14.6 Å². The first-order valence-electron chi connectivity index (χ1n) is 8.13. The molecule has 27 heavy (non-hydrogen) atoms. The number of fused-ring (bicyclic) bond motifs is 1. The van der Waals surface area contributed by atoms with Crippen molar-refractivity contribution in [2.24, 2.45) is 0 Å². The number of ether oxygens (including phenoxy) is 1. The van der Waals surface area contributed by atoms with E-state index in [1.165, 1.54) is 24.5 Å². The number of benzene rings is 2. The topological polar surface area (TPSA) is 81.9 Å². The molecule has 2 aromatic heterocycles. The molecule has 0 saturated heterocycles. The normalized spacial score (nSPS) is 10.7. The van der Waals surface area contributed by atoms with Crippen LogP contribution in [0.3, 0.4) is 0 Å². The van der Waals surface area contributed by atoms with Crippen LogP contribution in [0.25, 0.3) is 11.0 Å². The lowest BCUT2D eigenvalue weighted by Gasteiger charge is -2.07. The zero-order chi connectivity index (χ0) is 18.6. The summed E-state index contributed by atoms with van der Waals surface area (Å²) in [5.74, 6) is -0.725. The quantitative estimate of drug-likeness (QED) is 0.588. The van der Waals surface area contributed by atoms with Gasteiger partial charge in [-0.3, -0.25) is 4.79 Å². The van der Waals surface area contributed by atoms with Gasteiger partial charge in [-0.05, 0) is 24.3 Å². The number of hydrogen-bond acceptors (Lipinski definition) is 5. The van der Waals surface area contributed by atoms with Crippen molar-refractivity contribution in [1.29, 1.82) is 0 Å². The van der Waals surface area contributed by atoms with Crippen LogP contribution in [0.15, 0.2) is 67.3 Å². The number of nitrogens with zero attached hydrogens (tertiary/aromatic N) is 4. The smallest absolute Gasteiger partial charge is 0.322 e. The number of nitrogens with one attached hydrogen (secondary N) is 1. The molecule has 1 amide bonds. The zero-order valence-electron chi connectivity index (χ0n) is 14.0. The second-order valence-electron chi connectivity index (χ2n) is 5.70. The Morgan fingerprint density at radius 2 is 1.78 bits per heavy atom. The minimum Gasteiger partial charge on any atom is -0.421 e. The van der Waals surface area contributed by atoms with Crippen molar-refractivity contribution in [3.05, 3.63) is 73.1 Å². The molecule has 0 aliphatic heterocycles. The fourth-order valence-electron chi connectivity index (χ4n) is 2.55. The summed E-state index contributed by atoms with van der Waals surface area (Å²) in [6.45, 7) is 0.105. The van der Waals surface area contributed by atoms with Crippen LogP contribution in [-0.2, 0) is 11.3 Å². The van der Waals surface area contributed by atoms with E-state index in [9.17, 15) is 9.18 Å². The average Bonchev–Trinajstić information content (AvgIpc) is 3.08. The summed E-state index contributed by atoms with van der Waals surface area (Å²) < 4.78 is 20.6. The van der Waals surface area contributed by atoms with Crippen molar-refractivity contribution in [2.75, 3.05) is 5.32 Å². The molecule has 4 aromatic rings. The molecule has 0 saturated carbocycles. The van der Waals surface area contributed by atoms with Gasteiger partial charge in [0.15, 0.2) is 11.6 Å². The number of hydrogen-bond donors (Lipinski definition) is 1. The van der Waals surface area contributed by atoms with Crippen LogP contribution in [0.4, 0.5) is 10.1 Å². The summed E-state index contributed by atoms with van der Waals surface area (Å²) in [7, 11) is 0. The highest BCUT2D eigenvalue weighted by Gasteiger charge is 2.09. The molecule has 0 spiro atoms. The predicted octanol–water partition coefficient (Wildman–Crippen LogP) is 3.40. The number of carbonyl (C=O) groups excluding carboxylic acids is 1. The standard InChI is InChI=1S/C19H14FN5O2/c20-14-5-1-4-8-17(14)27-19-21-9-13(10-22-19)24-18(26)11-25-12-23-15-6-2-3-7-16(15)25/h1-10,12H,11H2,(H,24,26). The number of rotatable bonds is 5. The fraction of sp³-hybridized carbons (Fsp3) is 0.0526. The van der Waals surface area contributed by atoms with Gasteiger partial charge in [0.2, 0.25) is 5.91 Å². The largest absolute Gasteiger partial charge is 0.421 e. The van der Waals surface area contributed by atoms with E-state index in [1.807, 2.05) is 24.3 Å². The molecule has 0 radical (unpaired) electrons. The van der Waals surface area contributed by atoms with Crippen molar-refractivity contribution in [1.82, 2.24) is 19.5 Å². The number of imidazole rings is 1. The van der Waals surface area contributed by atoms with Crippen molar-refractivity contribution in [2.45, 2.75) is 6.54 Å². The highest BCUT2D eigenvalue weighted by atomic mass is 19.1. The number of amides is 1. The van der Waals surface area contributed by atoms with E-state index in [-0.39, 0.29) is 24.2 Å². The fourth-order valence-corrected chi connectivity index (χ4v) is 2.55. The molecule has 8 heteroatoms. The highest BCUT2D eigenvalue weighted by molar-refractivity contribution is 5.91. The molecule has 0 bridgehead atoms. The van der Waals surface area contributed by atoms with E-state index in [4.69, 9.17) is 4.74 Å². The van der Waals surface area contributed by atoms with E-state index in [0.29, 0.717) is 5.69 Å². The Morgan fingerprint density at radius 3 is 2.59 bits per heavy atom. The Balaban J connectivity index is 1.41. The first-order valence-corrected chi connectivity index (χ1v) is 8.13. The maximum absolute atomic E-state index is 13.6. The first-order chi connectivity index (χ1) is 13.2. The number of para-hydroxylation sites is 3. The summed E-state index contributed by atoms with van der Waals surface area (Å²) in [6.07, 6.45) is 4.41. The van der Waals surface area contributed by atoms with Gasteiger partial charge in [-0.1, -0.05) is 24.3 Å². The van der Waals surface area contributed by atoms with E-state index in [1.54, 1.807) is 23.0 Å². The lowest BCUT2D eigenvalue weighted by atomic mass is 10.3. The van der Waals surface area contributed by atoms with E-state index >= 15 is 0 Å². The van der Waals surface area contributed by atoms with Crippen molar-refractivity contribution in [3.63, 3.8) is 0 Å². The maximum Gasteiger partial charge on any atom is 0.322 e. The molecular formula is C19H14FN5O2. The summed E-state index contributed by atoms with van der Waals surface area (Å²) in [4.78, 5) is 24.5. The van der Waals surface area contributed by atoms with Crippen LogP contribution < -0.4 is 10.1 Å². The Kier molecular flexibility index (Phi) is 4.44. The third-order valence-corrected chi connectivity index (χ3v) is 3.79. The van der Waals surface area contributed by atoms with Gasteiger partial charge in [-0.25, -0.2) is 19.3 Å². The van der Waals surface area contributed by atoms with Gasteiger partial charge in [0.05, 0.1) is 35.4 Å². The minimum absolute atomic E-state index is 0.0151. The lowest BCUT2D eigenvalue weighted by molar-refractivity contribution is -0.116. The molecule has 2 aromatic carbocycles. The molecular weight excluding hydrogens is 349 g/mol. The molecule has 0 aliphatic rings. The summed E-state index contributed by atoms with van der Waals surface area (Å²) in [5.41, 5.74) is 2.10. The van der Waals surface area contributed by atoms with Gasteiger partial charge in [0, 0.05) is 0 Å². The SMILES string of the molecule is O=C(Cn1cnc2ccccc21)Nc1cnc(Oc2ccccc2F)nc1. The Bertz CT molecular complexity index is 1090. The van der Waals surface area contributed by atoms with Crippen LogP contribution in [0.1, 0.15) is 0 Å². The number of halogens is 1. The molecule has 1 N–H and O–H groups in total. The van der Waals surface area contributed by atoms with Gasteiger partial charge in [-0.15, -0.1) is 0 Å². The van der Waals surface area contributed by atoms with E-state index in [2.05, 4.69) is 20.3 Å². The molecule has 7 nitrogen and oxygen atoms in total. The van der Waals surface area contributed by atoms with Crippen molar-refractivity contribution < 1.29 is 13.9 Å². The Hall–Kier alpha value is -3.81. The van der Waals surface area contributed by atoms with Gasteiger partial charge in [0.1, 0.15) is 6.54 Å². The second kappa shape index (κ2) is 7.20. The maximum atomic E-state index is 13.6. The molecule has 0 fully saturated rings. The van der Waals surface area contributed by atoms with Gasteiger partial charge in [-0.2, -0.15) is 0 Å². The summed E-state index contributed by atoms with van der Waals surface area (Å²) in [6, 6.07) is 13.5. The number of aromatic nitrogens is 4. The van der Waals surface area contributed by atoms with Crippen LogP contribution in [0.2, 0.25) is 0 Å². The molecule has 134 valence electrons. The average molecular weight is 363 g/mol. The second-order valence-corrected chi connectivity index (χ2v) is 5.70. The van der Waals surface area contributed by atoms with Crippen LogP contribution in [-0.4, -0.2) is 25.4 Å². The minimum atomic E-state index is -0.508. The van der Waals surface area contributed by atoms with Crippen molar-refractivity contribution >= 4 is 22.6 Å². The van der Waals surface area contributed by atoms with Gasteiger partial charge >= 0.3 is 6.01 Å². The zero-order valence-corrected chi connectivity index (χ0v) is 14.0. The number of anilines is 1. The van der Waals surface area contributed by atoms with E-state index < -0.39 is 5.82 Å².